The zero-order valence-corrected chi connectivity index (χ0v) is 9.43. The molecular weight excluding hydrogens is 206 g/mol. The van der Waals surface area contributed by atoms with Crippen molar-refractivity contribution < 1.29 is 0 Å². The van der Waals surface area contributed by atoms with E-state index in [0.717, 1.165) is 0 Å². The van der Waals surface area contributed by atoms with Crippen LogP contribution in [0.4, 0.5) is 0 Å². The predicted octanol–water partition coefficient (Wildman–Crippen LogP) is 1.74. The maximum Gasteiger partial charge on any atom is 0.00106 e. The highest BCUT2D eigenvalue weighted by Gasteiger charge is 1.95. The number of allylic oxidation sites excluding steroid dienone is 6. The van der Waals surface area contributed by atoms with E-state index in [0.29, 0.717) is 0 Å². The van der Waals surface area contributed by atoms with Gasteiger partial charge in [0, 0.05) is 12.4 Å². The second-order valence-corrected chi connectivity index (χ2v) is 4.04. The second-order valence-electron chi connectivity index (χ2n) is 4.04. The first-order chi connectivity index (χ1) is 8.43. The van der Waals surface area contributed by atoms with Gasteiger partial charge in [0.25, 0.3) is 0 Å². The van der Waals surface area contributed by atoms with E-state index < -0.39 is 0 Å². The SMILES string of the molecule is C1=CC(=c2ccc(=C3C=CNC=C3)cc2)C=C1. The van der Waals surface area contributed by atoms with Gasteiger partial charge in [0.1, 0.15) is 0 Å². The van der Waals surface area contributed by atoms with Crippen molar-refractivity contribution in [3.05, 3.63) is 83.6 Å². The maximum absolute atomic E-state index is 3.04. The van der Waals surface area contributed by atoms with Crippen LogP contribution in [0, 0.1) is 0 Å². The average Bonchev–Trinajstić information content (AvgIpc) is 2.94. The van der Waals surface area contributed by atoms with Crippen molar-refractivity contribution in [1.82, 2.24) is 5.32 Å². The van der Waals surface area contributed by atoms with Crippen molar-refractivity contribution in [2.75, 3.05) is 0 Å². The average molecular weight is 219 g/mol. The molecule has 0 saturated carbocycles. The fourth-order valence-corrected chi connectivity index (χ4v) is 2.00. The van der Waals surface area contributed by atoms with Crippen molar-refractivity contribution in [2.24, 2.45) is 0 Å². The van der Waals surface area contributed by atoms with E-state index >= 15 is 0 Å². The highest BCUT2D eigenvalue weighted by Crippen LogP contribution is 2.05. The van der Waals surface area contributed by atoms with E-state index in [2.05, 4.69) is 66.0 Å². The van der Waals surface area contributed by atoms with Crippen LogP contribution in [0.3, 0.4) is 0 Å². The predicted molar refractivity (Wildman–Crippen MR) is 72.2 cm³/mol. The van der Waals surface area contributed by atoms with E-state index in [1.807, 2.05) is 12.4 Å². The third kappa shape index (κ3) is 2.00. The lowest BCUT2D eigenvalue weighted by Gasteiger charge is -2.01. The summed E-state index contributed by atoms with van der Waals surface area (Å²) in [5.74, 6) is 0. The van der Waals surface area contributed by atoms with Crippen molar-refractivity contribution in [3.63, 3.8) is 0 Å². The van der Waals surface area contributed by atoms with Crippen molar-refractivity contribution in [3.8, 4) is 0 Å². The van der Waals surface area contributed by atoms with Crippen molar-refractivity contribution in [2.45, 2.75) is 0 Å². The Morgan fingerprint density at radius 2 is 1.06 bits per heavy atom. The molecule has 1 N–H and O–H groups in total. The molecule has 1 aliphatic carbocycles. The Morgan fingerprint density at radius 3 is 1.59 bits per heavy atom. The molecule has 1 aromatic rings. The van der Waals surface area contributed by atoms with Crippen molar-refractivity contribution in [1.29, 1.82) is 0 Å². The number of nitrogens with one attached hydrogen (secondary N) is 1. The molecule has 0 bridgehead atoms. The highest BCUT2D eigenvalue weighted by atomic mass is 14.8. The van der Waals surface area contributed by atoms with Gasteiger partial charge in [-0.2, -0.15) is 0 Å². The summed E-state index contributed by atoms with van der Waals surface area (Å²) < 4.78 is 0. The van der Waals surface area contributed by atoms with Crippen LogP contribution in [-0.2, 0) is 0 Å². The molecule has 17 heavy (non-hydrogen) atoms. The lowest BCUT2D eigenvalue weighted by molar-refractivity contribution is 1.18. The van der Waals surface area contributed by atoms with E-state index in [4.69, 9.17) is 0 Å². The summed E-state index contributed by atoms with van der Waals surface area (Å²) in [6.07, 6.45) is 16.4. The zero-order valence-electron chi connectivity index (χ0n) is 9.43. The Labute approximate surface area is 100 Å². The van der Waals surface area contributed by atoms with Crippen LogP contribution in [-0.4, -0.2) is 0 Å². The molecule has 2 aliphatic rings. The minimum absolute atomic E-state index is 1.23. The molecule has 1 aromatic carbocycles. The second kappa shape index (κ2) is 4.30. The first-order valence-corrected chi connectivity index (χ1v) is 5.72. The van der Waals surface area contributed by atoms with Crippen LogP contribution in [0.2, 0.25) is 0 Å². The molecule has 0 radical (unpaired) electrons. The molecule has 1 heterocycles. The summed E-state index contributed by atoms with van der Waals surface area (Å²) in [5.41, 5.74) is 2.51. The van der Waals surface area contributed by atoms with Crippen LogP contribution >= 0.6 is 0 Å². The molecule has 0 atom stereocenters. The molecule has 0 aromatic heterocycles. The topological polar surface area (TPSA) is 12.0 Å². The molecule has 82 valence electrons. The summed E-state index contributed by atoms with van der Waals surface area (Å²) >= 11 is 0. The minimum Gasteiger partial charge on any atom is -0.368 e. The minimum atomic E-state index is 1.23. The molecule has 3 rings (SSSR count). The molecule has 0 fully saturated rings. The summed E-state index contributed by atoms with van der Waals surface area (Å²) in [4.78, 5) is 0. The van der Waals surface area contributed by atoms with Crippen LogP contribution < -0.4 is 15.8 Å². The maximum atomic E-state index is 3.04. The van der Waals surface area contributed by atoms with Gasteiger partial charge in [-0.05, 0) is 33.7 Å². The van der Waals surface area contributed by atoms with Gasteiger partial charge in [-0.25, -0.2) is 0 Å². The van der Waals surface area contributed by atoms with E-state index in [1.54, 1.807) is 0 Å². The van der Waals surface area contributed by atoms with Crippen LogP contribution in [0.5, 0.6) is 0 Å². The molecule has 0 spiro atoms. The monoisotopic (exact) mass is 219 g/mol. The number of benzene rings is 1. The Kier molecular flexibility index (Phi) is 2.51. The normalized spacial score (nSPS) is 16.7. The van der Waals surface area contributed by atoms with Crippen LogP contribution in [0.25, 0.3) is 11.1 Å². The van der Waals surface area contributed by atoms with Crippen LogP contribution in [0.1, 0.15) is 0 Å². The largest absolute Gasteiger partial charge is 0.368 e. The van der Waals surface area contributed by atoms with Gasteiger partial charge in [0.2, 0.25) is 0 Å². The van der Waals surface area contributed by atoms with Gasteiger partial charge in [-0.15, -0.1) is 0 Å². The first kappa shape index (κ1) is 9.91. The summed E-state index contributed by atoms with van der Waals surface area (Å²) in [6, 6.07) is 8.66. The lowest BCUT2D eigenvalue weighted by Crippen LogP contribution is -2.12. The smallest absolute Gasteiger partial charge is 0.00106 e. The number of hydrogen-bond donors (Lipinski definition) is 1. The van der Waals surface area contributed by atoms with Gasteiger partial charge in [-0.3, -0.25) is 0 Å². The van der Waals surface area contributed by atoms with Gasteiger partial charge >= 0.3 is 0 Å². The van der Waals surface area contributed by atoms with E-state index in [1.165, 1.54) is 21.6 Å². The standard InChI is InChI=1S/C16H13N/c1-2-4-13(3-1)14-5-7-15(8-6-14)16-9-11-17-12-10-16/h1-12,17H. The number of hydrogen-bond acceptors (Lipinski definition) is 1. The summed E-state index contributed by atoms with van der Waals surface area (Å²) in [6.45, 7) is 0. The molecule has 1 aliphatic heterocycles. The fraction of sp³-hybridized carbons (Fsp3) is 0. The van der Waals surface area contributed by atoms with Gasteiger partial charge in [0.05, 0.1) is 0 Å². The van der Waals surface area contributed by atoms with E-state index in [9.17, 15) is 0 Å². The molecule has 0 saturated heterocycles. The molecular formula is C16H13N. The van der Waals surface area contributed by atoms with Crippen molar-refractivity contribution >= 4 is 11.1 Å². The Hall–Kier alpha value is -2.28. The quantitative estimate of drug-likeness (QED) is 0.701. The Morgan fingerprint density at radius 1 is 0.588 bits per heavy atom. The van der Waals surface area contributed by atoms with Gasteiger partial charge in [-0.1, -0.05) is 48.6 Å². The third-order valence-corrected chi connectivity index (χ3v) is 2.93. The molecule has 1 nitrogen and oxygen atoms in total. The lowest BCUT2D eigenvalue weighted by atomic mass is 10.1. The van der Waals surface area contributed by atoms with E-state index in [-0.39, 0.29) is 0 Å². The first-order valence-electron chi connectivity index (χ1n) is 5.72. The Balaban J connectivity index is 2.13. The van der Waals surface area contributed by atoms with Crippen LogP contribution in [0.15, 0.2) is 73.1 Å². The zero-order chi connectivity index (χ0) is 11.5. The van der Waals surface area contributed by atoms with Gasteiger partial charge in [0.15, 0.2) is 0 Å². The third-order valence-electron chi connectivity index (χ3n) is 2.93. The Bertz CT molecular complexity index is 618. The number of dihydropyridines is 1. The molecule has 1 heteroatoms. The van der Waals surface area contributed by atoms with Gasteiger partial charge < -0.3 is 5.32 Å². The summed E-state index contributed by atoms with van der Waals surface area (Å²) in [5, 5.41) is 5.55. The highest BCUT2D eigenvalue weighted by molar-refractivity contribution is 5.71. The molecule has 0 unspecified atom stereocenters. The summed E-state index contributed by atoms with van der Waals surface area (Å²) in [7, 11) is 0. The fourth-order valence-electron chi connectivity index (χ4n) is 2.00. The molecule has 0 amide bonds. The number of rotatable bonds is 0.